The highest BCUT2D eigenvalue weighted by Gasteiger charge is 2.28. The average Bonchev–Trinajstić information content (AvgIpc) is 3.30. The molecule has 3 aromatic rings. The second-order valence-corrected chi connectivity index (χ2v) is 6.66. The van der Waals surface area contributed by atoms with Gasteiger partial charge in [-0.25, -0.2) is 15.0 Å². The van der Waals surface area contributed by atoms with E-state index in [2.05, 4.69) is 26.2 Å². The zero-order valence-corrected chi connectivity index (χ0v) is 14.8. The van der Waals surface area contributed by atoms with E-state index in [1.807, 2.05) is 44.1 Å². The van der Waals surface area contributed by atoms with Crippen LogP contribution in [0.3, 0.4) is 0 Å². The Morgan fingerprint density at radius 1 is 1.28 bits per heavy atom. The Hall–Kier alpha value is -2.54. The van der Waals surface area contributed by atoms with Gasteiger partial charge in [-0.1, -0.05) is 5.16 Å². The van der Waals surface area contributed by atoms with E-state index >= 15 is 0 Å². The van der Waals surface area contributed by atoms with Gasteiger partial charge in [0, 0.05) is 26.0 Å². The zero-order chi connectivity index (χ0) is 17.4. The first-order chi connectivity index (χ1) is 12.1. The van der Waals surface area contributed by atoms with E-state index in [9.17, 15) is 0 Å². The lowest BCUT2D eigenvalue weighted by molar-refractivity contribution is 0.242. The summed E-state index contributed by atoms with van der Waals surface area (Å²) in [7, 11) is 2.00. The monoisotopic (exact) mass is 338 g/mol. The molecule has 1 fully saturated rings. The number of aromatic nitrogens is 5. The fourth-order valence-electron chi connectivity index (χ4n) is 3.59. The normalized spacial score (nSPS) is 18.1. The molecule has 0 N–H and O–H groups in total. The molecular formula is C18H22N6O. The molecule has 7 heteroatoms. The second kappa shape index (κ2) is 6.40. The minimum absolute atomic E-state index is 0.296. The standard InChI is InChI=1S/C18H22N6O/c1-12-17(13(2)25-22-12)18-19-7-6-15(21-18)16-5-4-8-24(16)10-14-9-23(3)11-20-14/h6-7,9,11,16H,4-5,8,10H2,1-3H3. The molecule has 0 aromatic carbocycles. The van der Waals surface area contributed by atoms with Crippen molar-refractivity contribution in [2.24, 2.45) is 7.05 Å². The van der Waals surface area contributed by atoms with Crippen LogP contribution in [0.5, 0.6) is 0 Å². The molecule has 0 amide bonds. The van der Waals surface area contributed by atoms with E-state index in [4.69, 9.17) is 9.51 Å². The van der Waals surface area contributed by atoms with Gasteiger partial charge in [0.25, 0.3) is 0 Å². The van der Waals surface area contributed by atoms with Crippen LogP contribution < -0.4 is 0 Å². The number of nitrogens with zero attached hydrogens (tertiary/aromatic N) is 6. The lowest BCUT2D eigenvalue weighted by atomic mass is 10.1. The highest BCUT2D eigenvalue weighted by atomic mass is 16.5. The van der Waals surface area contributed by atoms with Gasteiger partial charge in [0.1, 0.15) is 5.76 Å². The van der Waals surface area contributed by atoms with Crippen molar-refractivity contribution in [1.29, 1.82) is 0 Å². The molecular weight excluding hydrogens is 316 g/mol. The number of hydrogen-bond donors (Lipinski definition) is 0. The number of hydrogen-bond acceptors (Lipinski definition) is 6. The van der Waals surface area contributed by atoms with Crippen molar-refractivity contribution in [3.63, 3.8) is 0 Å². The van der Waals surface area contributed by atoms with Crippen LogP contribution in [0.1, 0.15) is 41.7 Å². The maximum Gasteiger partial charge on any atom is 0.164 e. The van der Waals surface area contributed by atoms with Gasteiger partial charge >= 0.3 is 0 Å². The maximum atomic E-state index is 5.27. The third kappa shape index (κ3) is 3.07. The summed E-state index contributed by atoms with van der Waals surface area (Å²) in [6.45, 7) is 5.72. The molecule has 1 saturated heterocycles. The van der Waals surface area contributed by atoms with Crippen LogP contribution in [0.2, 0.25) is 0 Å². The van der Waals surface area contributed by atoms with E-state index in [0.717, 1.165) is 47.9 Å². The molecule has 1 unspecified atom stereocenters. The maximum absolute atomic E-state index is 5.27. The summed E-state index contributed by atoms with van der Waals surface area (Å²) in [6.07, 6.45) is 8.03. The van der Waals surface area contributed by atoms with E-state index in [0.29, 0.717) is 11.9 Å². The van der Waals surface area contributed by atoms with Crippen molar-refractivity contribution in [3.8, 4) is 11.4 Å². The van der Waals surface area contributed by atoms with Gasteiger partial charge in [-0.05, 0) is 39.3 Å². The van der Waals surface area contributed by atoms with E-state index in [1.165, 1.54) is 6.42 Å². The summed E-state index contributed by atoms with van der Waals surface area (Å²) in [5.74, 6) is 1.45. The number of imidazole rings is 1. The van der Waals surface area contributed by atoms with Gasteiger partial charge in [0.05, 0.1) is 35.0 Å². The number of aryl methyl sites for hydroxylation is 3. The number of rotatable bonds is 4. The molecule has 1 aliphatic rings. The highest BCUT2D eigenvalue weighted by Crippen LogP contribution is 2.33. The van der Waals surface area contributed by atoms with Crippen molar-refractivity contribution >= 4 is 0 Å². The quantitative estimate of drug-likeness (QED) is 0.728. The molecule has 4 heterocycles. The predicted molar refractivity (Wildman–Crippen MR) is 92.6 cm³/mol. The van der Waals surface area contributed by atoms with Crippen molar-refractivity contribution in [1.82, 2.24) is 29.6 Å². The lowest BCUT2D eigenvalue weighted by Gasteiger charge is -2.23. The molecule has 130 valence electrons. The Morgan fingerprint density at radius 2 is 2.16 bits per heavy atom. The molecule has 0 aliphatic carbocycles. The first-order valence-electron chi connectivity index (χ1n) is 8.59. The molecule has 7 nitrogen and oxygen atoms in total. The fraction of sp³-hybridized carbons (Fsp3) is 0.444. The first kappa shape index (κ1) is 16.0. The Morgan fingerprint density at radius 3 is 2.88 bits per heavy atom. The van der Waals surface area contributed by atoms with Gasteiger partial charge in [-0.2, -0.15) is 0 Å². The smallest absolute Gasteiger partial charge is 0.164 e. The minimum atomic E-state index is 0.296. The Bertz CT molecular complexity index is 864. The Balaban J connectivity index is 1.61. The molecule has 0 saturated carbocycles. The van der Waals surface area contributed by atoms with Crippen molar-refractivity contribution in [2.75, 3.05) is 6.54 Å². The summed E-state index contributed by atoms with van der Waals surface area (Å²) in [5, 5.41) is 4.02. The van der Waals surface area contributed by atoms with Gasteiger partial charge in [0.15, 0.2) is 5.82 Å². The van der Waals surface area contributed by atoms with Gasteiger partial charge in [0.2, 0.25) is 0 Å². The van der Waals surface area contributed by atoms with Crippen LogP contribution in [0, 0.1) is 13.8 Å². The van der Waals surface area contributed by atoms with Crippen molar-refractivity contribution in [3.05, 3.63) is 47.6 Å². The molecule has 1 aliphatic heterocycles. The zero-order valence-electron chi connectivity index (χ0n) is 14.8. The van der Waals surface area contributed by atoms with Crippen LogP contribution in [0.25, 0.3) is 11.4 Å². The molecule has 0 bridgehead atoms. The topological polar surface area (TPSA) is 72.9 Å². The van der Waals surface area contributed by atoms with Gasteiger partial charge in [-0.15, -0.1) is 0 Å². The van der Waals surface area contributed by atoms with Gasteiger partial charge < -0.3 is 9.09 Å². The van der Waals surface area contributed by atoms with Gasteiger partial charge in [-0.3, -0.25) is 4.90 Å². The fourth-order valence-corrected chi connectivity index (χ4v) is 3.59. The molecule has 1 atom stereocenters. The van der Waals surface area contributed by atoms with Crippen molar-refractivity contribution in [2.45, 2.75) is 39.3 Å². The largest absolute Gasteiger partial charge is 0.361 e. The summed E-state index contributed by atoms with van der Waals surface area (Å²) in [5.41, 5.74) is 3.87. The van der Waals surface area contributed by atoms with Crippen LogP contribution in [-0.4, -0.2) is 36.1 Å². The highest BCUT2D eigenvalue weighted by molar-refractivity contribution is 5.59. The summed E-state index contributed by atoms with van der Waals surface area (Å²) in [4.78, 5) is 16.2. The van der Waals surface area contributed by atoms with Crippen LogP contribution in [0.4, 0.5) is 0 Å². The third-order valence-electron chi connectivity index (χ3n) is 4.76. The predicted octanol–water partition coefficient (Wildman–Crippen LogP) is 2.82. The van der Waals surface area contributed by atoms with Crippen LogP contribution in [-0.2, 0) is 13.6 Å². The summed E-state index contributed by atoms with van der Waals surface area (Å²) >= 11 is 0. The Kier molecular flexibility index (Phi) is 4.09. The minimum Gasteiger partial charge on any atom is -0.361 e. The second-order valence-electron chi connectivity index (χ2n) is 6.66. The average molecular weight is 338 g/mol. The first-order valence-corrected chi connectivity index (χ1v) is 8.59. The van der Waals surface area contributed by atoms with E-state index in [-0.39, 0.29) is 0 Å². The van der Waals surface area contributed by atoms with E-state index < -0.39 is 0 Å². The molecule has 3 aromatic heterocycles. The van der Waals surface area contributed by atoms with Crippen LogP contribution >= 0.6 is 0 Å². The summed E-state index contributed by atoms with van der Waals surface area (Å²) < 4.78 is 7.25. The Labute approximate surface area is 146 Å². The van der Waals surface area contributed by atoms with Crippen LogP contribution in [0.15, 0.2) is 29.3 Å². The molecule has 0 spiro atoms. The third-order valence-corrected chi connectivity index (χ3v) is 4.76. The SMILES string of the molecule is Cc1noc(C)c1-c1nccc(C2CCCN2Cc2cn(C)cn2)n1. The van der Waals surface area contributed by atoms with Crippen molar-refractivity contribution < 1.29 is 4.52 Å². The molecule has 25 heavy (non-hydrogen) atoms. The summed E-state index contributed by atoms with van der Waals surface area (Å²) in [6, 6.07) is 2.31. The molecule has 4 rings (SSSR count). The van der Waals surface area contributed by atoms with E-state index in [1.54, 1.807) is 0 Å². The lowest BCUT2D eigenvalue weighted by Crippen LogP contribution is -2.23. The number of likely N-dealkylation sites (tertiary alicyclic amines) is 1. The molecule has 0 radical (unpaired) electrons.